The smallest absolute Gasteiger partial charge is 0.274 e. The van der Waals surface area contributed by atoms with Crippen molar-refractivity contribution < 1.29 is 9.90 Å². The molecule has 0 aliphatic heterocycles. The van der Waals surface area contributed by atoms with Gasteiger partial charge in [-0.2, -0.15) is 0 Å². The summed E-state index contributed by atoms with van der Waals surface area (Å²) in [6.07, 6.45) is 0. The van der Waals surface area contributed by atoms with E-state index in [1.54, 1.807) is 20.9 Å². The molecule has 17 heavy (non-hydrogen) atoms. The molecule has 0 fully saturated rings. The molecule has 0 bridgehead atoms. The topological polar surface area (TPSA) is 53.4 Å². The number of amides is 1. The molecule has 1 heterocycles. The van der Waals surface area contributed by atoms with Crippen LogP contribution in [0.25, 0.3) is 0 Å². The molecule has 1 N–H and O–H groups in total. The number of aromatic nitrogens is 1. The molecule has 0 spiro atoms. The zero-order valence-corrected chi connectivity index (χ0v) is 11.4. The number of nitrogens with zero attached hydrogens (tertiary/aromatic N) is 2. The number of hydrogen-bond acceptors (Lipinski definition) is 3. The van der Waals surface area contributed by atoms with Crippen LogP contribution < -0.4 is 0 Å². The van der Waals surface area contributed by atoms with Crippen molar-refractivity contribution in [2.45, 2.75) is 19.4 Å². The quantitative estimate of drug-likeness (QED) is 0.862. The monoisotopic (exact) mass is 276 g/mol. The van der Waals surface area contributed by atoms with Gasteiger partial charge in [-0.3, -0.25) is 4.79 Å². The van der Waals surface area contributed by atoms with Crippen molar-refractivity contribution in [1.82, 2.24) is 9.88 Å². The average molecular weight is 277 g/mol. The van der Waals surface area contributed by atoms with Gasteiger partial charge in [0.1, 0.15) is 10.8 Å². The van der Waals surface area contributed by atoms with E-state index in [4.69, 9.17) is 23.2 Å². The van der Waals surface area contributed by atoms with Crippen molar-refractivity contribution in [3.05, 3.63) is 28.0 Å². The van der Waals surface area contributed by atoms with Gasteiger partial charge in [-0.15, -0.1) is 0 Å². The SMILES string of the molecule is CN(C(=O)c1nc(Cl)ccc1Cl)C(C)(C)CO. The van der Waals surface area contributed by atoms with E-state index in [-0.39, 0.29) is 28.4 Å². The zero-order valence-electron chi connectivity index (χ0n) is 9.87. The highest BCUT2D eigenvalue weighted by molar-refractivity contribution is 6.34. The standard InChI is InChI=1S/C11H14Cl2N2O2/c1-11(2,6-16)15(3)10(17)9-7(12)4-5-8(13)14-9/h4-5,16H,6H2,1-3H3. The van der Waals surface area contributed by atoms with Gasteiger partial charge in [-0.05, 0) is 26.0 Å². The molecule has 94 valence electrons. The summed E-state index contributed by atoms with van der Waals surface area (Å²) in [6.45, 7) is 3.32. The summed E-state index contributed by atoms with van der Waals surface area (Å²) in [6, 6.07) is 3.03. The van der Waals surface area contributed by atoms with Crippen LogP contribution >= 0.6 is 23.2 Å². The maximum atomic E-state index is 12.1. The minimum absolute atomic E-state index is 0.0863. The predicted octanol–water partition coefficient (Wildman–Crippen LogP) is 2.23. The van der Waals surface area contributed by atoms with Crippen LogP contribution in [0.4, 0.5) is 0 Å². The molecule has 1 aromatic heterocycles. The Morgan fingerprint density at radius 3 is 2.59 bits per heavy atom. The Morgan fingerprint density at radius 1 is 1.47 bits per heavy atom. The molecule has 1 rings (SSSR count). The van der Waals surface area contributed by atoms with Gasteiger partial charge >= 0.3 is 0 Å². The van der Waals surface area contributed by atoms with Crippen LogP contribution in [0.1, 0.15) is 24.3 Å². The van der Waals surface area contributed by atoms with Gasteiger partial charge in [0.25, 0.3) is 5.91 Å². The third kappa shape index (κ3) is 3.09. The summed E-state index contributed by atoms with van der Waals surface area (Å²) < 4.78 is 0. The lowest BCUT2D eigenvalue weighted by atomic mass is 10.0. The number of halogens is 2. The van der Waals surface area contributed by atoms with Crippen molar-refractivity contribution >= 4 is 29.1 Å². The number of aliphatic hydroxyl groups is 1. The summed E-state index contributed by atoms with van der Waals surface area (Å²) >= 11 is 11.6. The maximum absolute atomic E-state index is 12.1. The van der Waals surface area contributed by atoms with Gasteiger partial charge in [0.05, 0.1) is 17.2 Å². The number of aliphatic hydroxyl groups excluding tert-OH is 1. The van der Waals surface area contributed by atoms with Crippen LogP contribution in [0.2, 0.25) is 10.2 Å². The Kier molecular flexibility index (Phi) is 4.36. The molecule has 0 aliphatic rings. The number of carbonyl (C=O) groups excluding carboxylic acids is 1. The molecule has 0 saturated carbocycles. The fraction of sp³-hybridized carbons (Fsp3) is 0.455. The van der Waals surface area contributed by atoms with E-state index < -0.39 is 5.54 Å². The van der Waals surface area contributed by atoms with E-state index in [9.17, 15) is 9.90 Å². The highest BCUT2D eigenvalue weighted by atomic mass is 35.5. The van der Waals surface area contributed by atoms with Crippen LogP contribution in [-0.4, -0.2) is 40.1 Å². The summed E-state index contributed by atoms with van der Waals surface area (Å²) in [5.41, 5.74) is -0.604. The second-order valence-corrected chi connectivity index (χ2v) is 5.09. The van der Waals surface area contributed by atoms with Crippen LogP contribution in [-0.2, 0) is 0 Å². The van der Waals surface area contributed by atoms with Gasteiger partial charge in [-0.25, -0.2) is 4.98 Å². The molecule has 1 amide bonds. The summed E-state index contributed by atoms with van der Waals surface area (Å²) in [4.78, 5) is 17.4. The minimum atomic E-state index is -0.690. The second-order valence-electron chi connectivity index (χ2n) is 4.30. The maximum Gasteiger partial charge on any atom is 0.274 e. The molecule has 0 saturated heterocycles. The highest BCUT2D eigenvalue weighted by Crippen LogP contribution is 2.21. The van der Waals surface area contributed by atoms with Crippen LogP contribution in [0.5, 0.6) is 0 Å². The number of pyridine rings is 1. The molecular weight excluding hydrogens is 263 g/mol. The lowest BCUT2D eigenvalue weighted by molar-refractivity contribution is 0.0468. The van der Waals surface area contributed by atoms with Gasteiger partial charge in [0, 0.05) is 7.05 Å². The predicted molar refractivity (Wildman–Crippen MR) is 67.5 cm³/mol. The molecule has 4 nitrogen and oxygen atoms in total. The lowest BCUT2D eigenvalue weighted by Gasteiger charge is -2.33. The molecule has 0 unspecified atom stereocenters. The molecular formula is C11H14Cl2N2O2. The normalized spacial score (nSPS) is 11.4. The Balaban J connectivity index is 3.08. The van der Waals surface area contributed by atoms with Crippen molar-refractivity contribution in [3.63, 3.8) is 0 Å². The number of likely N-dealkylation sites (N-methyl/N-ethyl adjacent to an activating group) is 1. The van der Waals surface area contributed by atoms with E-state index in [0.717, 1.165) is 0 Å². The third-order valence-corrected chi connectivity index (χ3v) is 3.13. The Bertz CT molecular complexity index is 435. The zero-order chi connectivity index (χ0) is 13.2. The first kappa shape index (κ1) is 14.2. The van der Waals surface area contributed by atoms with E-state index in [0.29, 0.717) is 0 Å². The first-order valence-electron chi connectivity index (χ1n) is 5.00. The third-order valence-electron chi connectivity index (χ3n) is 2.61. The Labute approximate surface area is 110 Å². The van der Waals surface area contributed by atoms with Crippen molar-refractivity contribution in [2.75, 3.05) is 13.7 Å². The fourth-order valence-corrected chi connectivity index (χ4v) is 1.44. The highest BCUT2D eigenvalue weighted by Gasteiger charge is 2.29. The number of hydrogen-bond donors (Lipinski definition) is 1. The molecule has 0 radical (unpaired) electrons. The first-order valence-corrected chi connectivity index (χ1v) is 5.76. The largest absolute Gasteiger partial charge is 0.394 e. The Hall–Kier alpha value is -0.840. The Morgan fingerprint density at radius 2 is 2.06 bits per heavy atom. The molecule has 6 heteroatoms. The summed E-state index contributed by atoms with van der Waals surface area (Å²) in [5.74, 6) is -0.378. The van der Waals surface area contributed by atoms with Crippen LogP contribution in [0.15, 0.2) is 12.1 Å². The van der Waals surface area contributed by atoms with E-state index >= 15 is 0 Å². The number of carbonyl (C=O) groups is 1. The second kappa shape index (κ2) is 5.21. The van der Waals surface area contributed by atoms with Crippen LogP contribution in [0, 0.1) is 0 Å². The average Bonchev–Trinajstić information content (AvgIpc) is 2.30. The van der Waals surface area contributed by atoms with E-state index in [1.165, 1.54) is 17.0 Å². The first-order chi connectivity index (χ1) is 7.79. The van der Waals surface area contributed by atoms with Gasteiger partial charge in [-0.1, -0.05) is 23.2 Å². The molecule has 0 aromatic carbocycles. The lowest BCUT2D eigenvalue weighted by Crippen LogP contribution is -2.48. The van der Waals surface area contributed by atoms with Crippen molar-refractivity contribution in [1.29, 1.82) is 0 Å². The van der Waals surface area contributed by atoms with E-state index in [2.05, 4.69) is 4.98 Å². The van der Waals surface area contributed by atoms with Crippen molar-refractivity contribution in [3.8, 4) is 0 Å². The summed E-state index contributed by atoms with van der Waals surface area (Å²) in [5, 5.41) is 9.65. The number of rotatable bonds is 3. The van der Waals surface area contributed by atoms with Gasteiger partial charge in [0.2, 0.25) is 0 Å². The van der Waals surface area contributed by atoms with E-state index in [1.807, 2.05) is 0 Å². The fourth-order valence-electron chi connectivity index (χ4n) is 1.11. The van der Waals surface area contributed by atoms with Gasteiger partial charge < -0.3 is 10.0 Å². The van der Waals surface area contributed by atoms with Crippen molar-refractivity contribution in [2.24, 2.45) is 0 Å². The minimum Gasteiger partial charge on any atom is -0.394 e. The van der Waals surface area contributed by atoms with Gasteiger partial charge in [0.15, 0.2) is 0 Å². The van der Waals surface area contributed by atoms with Crippen LogP contribution in [0.3, 0.4) is 0 Å². The molecule has 0 aliphatic carbocycles. The molecule has 0 atom stereocenters. The molecule has 1 aromatic rings. The summed E-state index contributed by atoms with van der Waals surface area (Å²) in [7, 11) is 1.58.